The largest absolute Gasteiger partial charge is 0.341 e. The van der Waals surface area contributed by atoms with E-state index in [1.54, 1.807) is 0 Å². The minimum atomic E-state index is 0.224. The summed E-state index contributed by atoms with van der Waals surface area (Å²) in [7, 11) is 0. The fourth-order valence-electron chi connectivity index (χ4n) is 0.915. The van der Waals surface area contributed by atoms with Gasteiger partial charge in [0.25, 0.3) is 0 Å². The first-order chi connectivity index (χ1) is 6.31. The van der Waals surface area contributed by atoms with Gasteiger partial charge in [-0.05, 0) is 15.9 Å². The van der Waals surface area contributed by atoms with Crippen LogP contribution in [0.1, 0.15) is 0 Å². The normalized spacial score (nSPS) is 10.2. The van der Waals surface area contributed by atoms with Gasteiger partial charge in [-0.25, -0.2) is 9.97 Å². The lowest BCUT2D eigenvalue weighted by molar-refractivity contribution is -0.105. The minimum Gasteiger partial charge on any atom is -0.341 e. The van der Waals surface area contributed by atoms with Gasteiger partial charge in [0.1, 0.15) is 10.1 Å². The minimum absolute atomic E-state index is 0.224. The predicted molar refractivity (Wildman–Crippen MR) is 49.1 cm³/mol. The van der Waals surface area contributed by atoms with Crippen molar-refractivity contribution in [3.05, 3.63) is 10.9 Å². The lowest BCUT2D eigenvalue weighted by Gasteiger charge is -1.97. The maximum Gasteiger partial charge on any atom is 0.232 e. The van der Waals surface area contributed by atoms with E-state index < -0.39 is 0 Å². The van der Waals surface area contributed by atoms with E-state index in [0.717, 1.165) is 0 Å². The van der Waals surface area contributed by atoms with E-state index in [-0.39, 0.29) is 5.95 Å². The molecule has 0 radical (unpaired) electrons. The van der Waals surface area contributed by atoms with Crippen molar-refractivity contribution in [3.63, 3.8) is 0 Å². The van der Waals surface area contributed by atoms with E-state index in [1.165, 1.54) is 6.33 Å². The molecule has 0 fully saturated rings. The molecule has 0 spiro atoms. The van der Waals surface area contributed by atoms with E-state index in [2.05, 4.69) is 41.2 Å². The van der Waals surface area contributed by atoms with Crippen molar-refractivity contribution in [1.29, 1.82) is 0 Å². The second kappa shape index (κ2) is 3.09. The number of nitrogens with one attached hydrogen (secondary N) is 2. The van der Waals surface area contributed by atoms with Crippen LogP contribution in [-0.2, 0) is 4.79 Å². The molecule has 66 valence electrons. The van der Waals surface area contributed by atoms with Crippen LogP contribution in [0, 0.1) is 0 Å². The number of rotatable bonds is 2. The van der Waals surface area contributed by atoms with Crippen molar-refractivity contribution in [2.75, 3.05) is 5.32 Å². The lowest BCUT2D eigenvalue weighted by atomic mass is 10.6. The number of hydrogen-bond acceptors (Lipinski definition) is 4. The quantitative estimate of drug-likeness (QED) is 0.599. The second-order valence-corrected chi connectivity index (χ2v) is 2.95. The van der Waals surface area contributed by atoms with Gasteiger partial charge in [0.05, 0.1) is 6.33 Å². The summed E-state index contributed by atoms with van der Waals surface area (Å²) < 4.78 is 0.569. The predicted octanol–water partition coefficient (Wildman–Crippen LogP) is 0.684. The number of aromatic nitrogens is 4. The van der Waals surface area contributed by atoms with E-state index in [4.69, 9.17) is 0 Å². The third-order valence-electron chi connectivity index (χ3n) is 1.43. The first-order valence-electron chi connectivity index (χ1n) is 3.38. The molecule has 0 aliphatic heterocycles. The van der Waals surface area contributed by atoms with Gasteiger partial charge in [-0.3, -0.25) is 10.1 Å². The van der Waals surface area contributed by atoms with Gasteiger partial charge in [-0.2, -0.15) is 4.98 Å². The fraction of sp³-hybridized carbons (Fsp3) is 0. The lowest BCUT2D eigenvalue weighted by Crippen LogP contribution is -2.00. The van der Waals surface area contributed by atoms with Crippen molar-refractivity contribution < 1.29 is 4.79 Å². The van der Waals surface area contributed by atoms with Gasteiger partial charge >= 0.3 is 0 Å². The van der Waals surface area contributed by atoms with Gasteiger partial charge in [0.15, 0.2) is 5.65 Å². The van der Waals surface area contributed by atoms with Gasteiger partial charge in [-0.15, -0.1) is 0 Å². The number of H-pyrrole nitrogens is 1. The van der Waals surface area contributed by atoms with E-state index in [1.807, 2.05) is 0 Å². The maximum absolute atomic E-state index is 10.1. The van der Waals surface area contributed by atoms with Crippen molar-refractivity contribution in [1.82, 2.24) is 19.9 Å². The van der Waals surface area contributed by atoms with E-state index >= 15 is 0 Å². The Morgan fingerprint density at radius 3 is 3.15 bits per heavy atom. The average Bonchev–Trinajstić information content (AvgIpc) is 2.53. The summed E-state index contributed by atoms with van der Waals surface area (Å²) in [6, 6.07) is 0. The number of hydrogen-bond donors (Lipinski definition) is 2. The molecule has 13 heavy (non-hydrogen) atoms. The zero-order chi connectivity index (χ0) is 9.26. The van der Waals surface area contributed by atoms with Gasteiger partial charge in [-0.1, -0.05) is 0 Å². The first-order valence-corrected chi connectivity index (χ1v) is 4.17. The molecule has 0 unspecified atom stereocenters. The highest BCUT2D eigenvalue weighted by Gasteiger charge is 2.06. The Morgan fingerprint density at radius 1 is 1.54 bits per heavy atom. The van der Waals surface area contributed by atoms with E-state index in [0.29, 0.717) is 22.2 Å². The number of fused-ring (bicyclic) bond motifs is 1. The van der Waals surface area contributed by atoms with Crippen LogP contribution in [0.25, 0.3) is 11.2 Å². The van der Waals surface area contributed by atoms with Crippen molar-refractivity contribution in [2.24, 2.45) is 0 Å². The van der Waals surface area contributed by atoms with Crippen LogP contribution in [0.15, 0.2) is 10.9 Å². The van der Waals surface area contributed by atoms with Crippen molar-refractivity contribution >= 4 is 39.5 Å². The summed E-state index contributed by atoms with van der Waals surface area (Å²) in [6.45, 7) is 0. The zero-order valence-electron chi connectivity index (χ0n) is 6.28. The summed E-state index contributed by atoms with van der Waals surface area (Å²) in [5.74, 6) is 0.224. The number of nitrogens with zero attached hydrogens (tertiary/aromatic N) is 3. The van der Waals surface area contributed by atoms with Crippen molar-refractivity contribution in [2.45, 2.75) is 0 Å². The number of halogens is 1. The van der Waals surface area contributed by atoms with Gasteiger partial charge in [0, 0.05) is 0 Å². The molecule has 2 aromatic heterocycles. The highest BCUT2D eigenvalue weighted by Crippen LogP contribution is 2.18. The number of amides is 1. The second-order valence-electron chi connectivity index (χ2n) is 2.20. The average molecular weight is 242 g/mol. The van der Waals surface area contributed by atoms with Crippen molar-refractivity contribution in [3.8, 4) is 0 Å². The van der Waals surface area contributed by atoms with Crippen LogP contribution in [0.5, 0.6) is 0 Å². The summed E-state index contributed by atoms with van der Waals surface area (Å²) >= 11 is 3.22. The Hall–Kier alpha value is -1.50. The molecule has 6 nitrogen and oxygen atoms in total. The molecule has 0 aliphatic carbocycles. The van der Waals surface area contributed by atoms with Crippen LogP contribution in [-0.4, -0.2) is 26.3 Å². The van der Waals surface area contributed by atoms with Crippen LogP contribution in [0.3, 0.4) is 0 Å². The molecule has 0 bridgehead atoms. The smallest absolute Gasteiger partial charge is 0.232 e. The summed E-state index contributed by atoms with van der Waals surface area (Å²) in [4.78, 5) is 24.8. The molecule has 2 N–H and O–H groups in total. The fourth-order valence-corrected chi connectivity index (χ4v) is 1.37. The van der Waals surface area contributed by atoms with Crippen LogP contribution < -0.4 is 5.32 Å². The molecule has 0 aliphatic rings. The molecule has 0 atom stereocenters. The Labute approximate surface area is 80.9 Å². The molecule has 1 amide bonds. The first kappa shape index (κ1) is 8.11. The molecular weight excluding hydrogens is 238 g/mol. The Morgan fingerprint density at radius 2 is 2.38 bits per heavy atom. The molecule has 0 aromatic carbocycles. The summed E-state index contributed by atoms with van der Waals surface area (Å²) in [5, 5.41) is 2.34. The van der Waals surface area contributed by atoms with Crippen LogP contribution in [0.4, 0.5) is 5.95 Å². The Bertz CT molecular complexity index is 453. The third-order valence-corrected chi connectivity index (χ3v) is 2.00. The highest BCUT2D eigenvalue weighted by atomic mass is 79.9. The van der Waals surface area contributed by atoms with Crippen LogP contribution >= 0.6 is 15.9 Å². The number of anilines is 1. The molecule has 7 heteroatoms. The summed E-state index contributed by atoms with van der Waals surface area (Å²) in [6.07, 6.45) is 2.02. The molecule has 2 rings (SSSR count). The topological polar surface area (TPSA) is 83.6 Å². The summed E-state index contributed by atoms with van der Waals surface area (Å²) in [5.41, 5.74) is 1.21. The molecule has 0 saturated carbocycles. The number of carbonyl (C=O) groups is 1. The molecule has 2 aromatic rings. The number of imidazole rings is 1. The zero-order valence-corrected chi connectivity index (χ0v) is 7.87. The Balaban J connectivity index is 2.62. The molecule has 0 saturated heterocycles. The molecule has 2 heterocycles. The monoisotopic (exact) mass is 241 g/mol. The number of aromatic amines is 1. The van der Waals surface area contributed by atoms with Gasteiger partial charge in [0.2, 0.25) is 12.4 Å². The molecular formula is C6H4BrN5O. The standard InChI is InChI=1S/C6H4BrN5O/c7-4-3-5(9-1-8-3)12-6(11-4)10-2-13/h1-2H,(H2,8,9,10,11,12,13). The van der Waals surface area contributed by atoms with Gasteiger partial charge < -0.3 is 4.98 Å². The number of carbonyl (C=O) groups excluding carboxylic acids is 1. The third kappa shape index (κ3) is 1.37. The Kier molecular flexibility index (Phi) is 1.93. The highest BCUT2D eigenvalue weighted by molar-refractivity contribution is 9.10. The van der Waals surface area contributed by atoms with Crippen LogP contribution in [0.2, 0.25) is 0 Å². The maximum atomic E-state index is 10.1. The van der Waals surface area contributed by atoms with E-state index in [9.17, 15) is 4.79 Å². The SMILES string of the molecule is O=CNc1nc(Br)c2[nH]cnc2n1.